The van der Waals surface area contributed by atoms with Crippen LogP contribution < -0.4 is 5.73 Å². The van der Waals surface area contributed by atoms with Gasteiger partial charge in [-0.15, -0.1) is 0 Å². The molecule has 0 heterocycles. The summed E-state index contributed by atoms with van der Waals surface area (Å²) in [5, 5.41) is 15.6. The third-order valence-corrected chi connectivity index (χ3v) is 7.46. The van der Waals surface area contributed by atoms with Crippen LogP contribution in [-0.2, 0) is 26.2 Å². The number of carbonyl (C=O) groups is 2. The minimum Gasteiger partial charge on any atom is -0.478 e. The van der Waals surface area contributed by atoms with Crippen molar-refractivity contribution in [3.8, 4) is 0 Å². The zero-order chi connectivity index (χ0) is 24.6. The molecule has 6 nitrogen and oxygen atoms in total. The first-order valence-corrected chi connectivity index (χ1v) is 12.1. The Morgan fingerprint density at radius 3 is 2.42 bits per heavy atom. The van der Waals surface area contributed by atoms with Crippen LogP contribution in [0.15, 0.2) is 30.4 Å². The van der Waals surface area contributed by atoms with E-state index in [-0.39, 0.29) is 0 Å². The molecular weight excluding hydrogens is 418 g/mol. The van der Waals surface area contributed by atoms with Gasteiger partial charge in [0, 0.05) is 18.8 Å². The molecule has 3 rings (SSSR count). The third kappa shape index (κ3) is 6.90. The van der Waals surface area contributed by atoms with Crippen LogP contribution in [0.4, 0.5) is 0 Å². The van der Waals surface area contributed by atoms with Gasteiger partial charge in [-0.05, 0) is 78.0 Å². The Labute approximate surface area is 198 Å². The van der Waals surface area contributed by atoms with Gasteiger partial charge in [0.05, 0.1) is 6.61 Å². The van der Waals surface area contributed by atoms with Crippen molar-refractivity contribution in [3.63, 3.8) is 0 Å². The molecule has 1 unspecified atom stereocenters. The number of carboxylic acids is 2. The molecule has 0 bridgehead atoms. The van der Waals surface area contributed by atoms with Crippen LogP contribution >= 0.6 is 0 Å². The van der Waals surface area contributed by atoms with Crippen molar-refractivity contribution in [2.75, 3.05) is 19.8 Å². The second-order valence-electron chi connectivity index (χ2n) is 10.3. The Morgan fingerprint density at radius 1 is 1.18 bits per heavy atom. The molecule has 1 fully saturated rings. The summed E-state index contributed by atoms with van der Waals surface area (Å²) in [5.74, 6) is -1.17. The summed E-state index contributed by atoms with van der Waals surface area (Å²) in [6, 6.07) is 7.32. The van der Waals surface area contributed by atoms with E-state index in [0.717, 1.165) is 32.1 Å². The van der Waals surface area contributed by atoms with Gasteiger partial charge in [-0.25, -0.2) is 9.59 Å². The summed E-state index contributed by atoms with van der Waals surface area (Å²) < 4.78 is 6.07. The SMILES string of the molecule is CC(C)c1ccc2c(c1)CCC1[C@@](C)(COCCCN)CCC[C@]21C.O=C(O)/C=C/C(=O)O. The van der Waals surface area contributed by atoms with E-state index in [2.05, 4.69) is 45.9 Å². The molecule has 1 aromatic carbocycles. The monoisotopic (exact) mass is 459 g/mol. The van der Waals surface area contributed by atoms with Gasteiger partial charge >= 0.3 is 11.9 Å². The van der Waals surface area contributed by atoms with E-state index in [9.17, 15) is 9.59 Å². The Balaban J connectivity index is 0.000000414. The van der Waals surface area contributed by atoms with Crippen LogP contribution in [0.25, 0.3) is 0 Å². The molecule has 1 saturated carbocycles. The summed E-state index contributed by atoms with van der Waals surface area (Å²) in [7, 11) is 0. The van der Waals surface area contributed by atoms with Crippen molar-refractivity contribution in [2.24, 2.45) is 17.1 Å². The van der Waals surface area contributed by atoms with E-state index in [1.807, 2.05) is 0 Å². The normalized spacial score (nSPS) is 26.3. The van der Waals surface area contributed by atoms with Crippen molar-refractivity contribution < 1.29 is 24.5 Å². The van der Waals surface area contributed by atoms with Gasteiger partial charge in [0.2, 0.25) is 0 Å². The summed E-state index contributed by atoms with van der Waals surface area (Å²) >= 11 is 0. The molecule has 0 amide bonds. The highest BCUT2D eigenvalue weighted by Gasteiger charge is 2.51. The summed E-state index contributed by atoms with van der Waals surface area (Å²) in [6.07, 6.45) is 8.56. The lowest BCUT2D eigenvalue weighted by molar-refractivity contribution is -0.134. The lowest BCUT2D eigenvalue weighted by Crippen LogP contribution is -2.51. The maximum atomic E-state index is 9.55. The van der Waals surface area contributed by atoms with E-state index >= 15 is 0 Å². The molecule has 2 aliphatic carbocycles. The van der Waals surface area contributed by atoms with E-state index in [0.29, 0.717) is 28.9 Å². The number of carboxylic acid groups (broad SMARTS) is 2. The molecule has 0 radical (unpaired) electrons. The van der Waals surface area contributed by atoms with E-state index in [1.165, 1.54) is 37.7 Å². The summed E-state index contributed by atoms with van der Waals surface area (Å²) in [6.45, 7) is 12.0. The fourth-order valence-electron chi connectivity index (χ4n) is 5.81. The number of rotatable bonds is 8. The van der Waals surface area contributed by atoms with Crippen LogP contribution in [0, 0.1) is 11.3 Å². The topological polar surface area (TPSA) is 110 Å². The Hall–Kier alpha value is -2.18. The molecule has 4 N–H and O–H groups in total. The first-order chi connectivity index (χ1) is 15.5. The first kappa shape index (κ1) is 27.1. The maximum absolute atomic E-state index is 9.55. The Kier molecular flexibility index (Phi) is 9.68. The highest BCUT2D eigenvalue weighted by molar-refractivity contribution is 5.89. The van der Waals surface area contributed by atoms with Gasteiger partial charge in [-0.1, -0.05) is 52.3 Å². The molecule has 33 heavy (non-hydrogen) atoms. The van der Waals surface area contributed by atoms with Gasteiger partial charge < -0.3 is 20.7 Å². The first-order valence-electron chi connectivity index (χ1n) is 12.1. The van der Waals surface area contributed by atoms with Crippen LogP contribution in [0.5, 0.6) is 0 Å². The van der Waals surface area contributed by atoms with Crippen molar-refractivity contribution in [1.82, 2.24) is 0 Å². The smallest absolute Gasteiger partial charge is 0.328 e. The number of aryl methyl sites for hydroxylation is 1. The van der Waals surface area contributed by atoms with Gasteiger partial charge in [-0.2, -0.15) is 0 Å². The second kappa shape index (κ2) is 11.8. The predicted molar refractivity (Wildman–Crippen MR) is 131 cm³/mol. The predicted octanol–water partition coefficient (Wildman–Crippen LogP) is 4.90. The minimum atomic E-state index is -1.26. The fraction of sp³-hybridized carbons (Fsp3) is 0.630. The van der Waals surface area contributed by atoms with Crippen LogP contribution in [0.2, 0.25) is 0 Å². The van der Waals surface area contributed by atoms with Crippen molar-refractivity contribution in [2.45, 2.75) is 77.6 Å². The number of aliphatic carboxylic acids is 2. The van der Waals surface area contributed by atoms with E-state index < -0.39 is 11.9 Å². The van der Waals surface area contributed by atoms with Gasteiger partial charge in [0.15, 0.2) is 0 Å². The average Bonchev–Trinajstić information content (AvgIpc) is 2.75. The van der Waals surface area contributed by atoms with Crippen molar-refractivity contribution >= 4 is 11.9 Å². The third-order valence-electron chi connectivity index (χ3n) is 7.46. The van der Waals surface area contributed by atoms with Crippen molar-refractivity contribution in [3.05, 3.63) is 47.0 Å². The number of hydrogen-bond acceptors (Lipinski definition) is 4. The average molecular weight is 460 g/mol. The van der Waals surface area contributed by atoms with Crippen molar-refractivity contribution in [1.29, 1.82) is 0 Å². The molecule has 1 aromatic rings. The molecule has 2 aliphatic rings. The molecular formula is C27H41NO5. The van der Waals surface area contributed by atoms with Crippen LogP contribution in [0.1, 0.15) is 82.4 Å². The lowest BCUT2D eigenvalue weighted by atomic mass is 9.50. The number of hydrogen-bond donors (Lipinski definition) is 3. The molecule has 0 spiro atoms. The molecule has 0 saturated heterocycles. The highest BCUT2D eigenvalue weighted by Crippen LogP contribution is 2.57. The number of nitrogens with two attached hydrogens (primary N) is 1. The standard InChI is InChI=1S/C23H37NO.C4H4O4/c1-17(2)18-7-9-20-19(15-18)8-10-21-22(3,16-25-14-6-13-24)11-5-12-23(20,21)4;5-3(6)1-2-4(7)8/h7,9,15,17,21H,5-6,8,10-14,16,24H2,1-4H3;1-2H,(H,5,6)(H,7,8)/b;2-1+/t21?,22-,23-;/m1./s1. The van der Waals surface area contributed by atoms with Gasteiger partial charge in [0.1, 0.15) is 0 Å². The number of fused-ring (bicyclic) bond motifs is 3. The second-order valence-corrected chi connectivity index (χ2v) is 10.3. The zero-order valence-corrected chi connectivity index (χ0v) is 20.6. The fourth-order valence-corrected chi connectivity index (χ4v) is 5.81. The molecule has 0 aliphatic heterocycles. The molecule has 0 aromatic heterocycles. The van der Waals surface area contributed by atoms with Gasteiger partial charge in [0.25, 0.3) is 0 Å². The maximum Gasteiger partial charge on any atom is 0.328 e. The van der Waals surface area contributed by atoms with Gasteiger partial charge in [-0.3, -0.25) is 0 Å². The summed E-state index contributed by atoms with van der Waals surface area (Å²) in [5.41, 5.74) is 11.0. The lowest BCUT2D eigenvalue weighted by Gasteiger charge is -2.55. The number of ether oxygens (including phenoxy) is 1. The molecule has 3 atom stereocenters. The quantitative estimate of drug-likeness (QED) is 0.377. The minimum absolute atomic E-state index is 0.302. The highest BCUT2D eigenvalue weighted by atomic mass is 16.5. The zero-order valence-electron chi connectivity index (χ0n) is 20.6. The van der Waals surface area contributed by atoms with E-state index in [1.54, 1.807) is 11.1 Å². The van der Waals surface area contributed by atoms with Crippen LogP contribution in [0.3, 0.4) is 0 Å². The summed E-state index contributed by atoms with van der Waals surface area (Å²) in [4.78, 5) is 19.1. The Bertz CT molecular complexity index is 833. The van der Waals surface area contributed by atoms with E-state index in [4.69, 9.17) is 20.7 Å². The number of benzene rings is 1. The molecule has 184 valence electrons. The molecule has 6 heteroatoms. The largest absolute Gasteiger partial charge is 0.478 e. The Morgan fingerprint density at radius 2 is 1.85 bits per heavy atom. The van der Waals surface area contributed by atoms with Crippen LogP contribution in [-0.4, -0.2) is 41.9 Å².